The molecule has 0 aliphatic heterocycles. The summed E-state index contributed by atoms with van der Waals surface area (Å²) < 4.78 is 95.0. The fourth-order valence-electron chi connectivity index (χ4n) is 9.57. The predicted octanol–water partition coefficient (Wildman–Crippen LogP) is 14.0. The molecule has 2 atom stereocenters. The van der Waals surface area contributed by atoms with Crippen molar-refractivity contribution in [2.75, 3.05) is 146 Å². The van der Waals surface area contributed by atoms with Crippen LogP contribution >= 0.6 is 0 Å². The van der Waals surface area contributed by atoms with Crippen molar-refractivity contribution >= 4 is 5.91 Å². The normalized spacial score (nSPS) is 12.1. The van der Waals surface area contributed by atoms with Crippen LogP contribution in [-0.2, 0) is 69.0 Å². The van der Waals surface area contributed by atoms with Crippen LogP contribution in [-0.4, -0.2) is 152 Å². The first-order valence-corrected chi connectivity index (χ1v) is 33.7. The lowest BCUT2D eigenvalue weighted by atomic mass is 9.98. The highest BCUT2D eigenvalue weighted by Crippen LogP contribution is 2.39. The molecule has 0 fully saturated rings. The van der Waals surface area contributed by atoms with Crippen LogP contribution in [0.5, 0.6) is 40.2 Å². The maximum absolute atomic E-state index is 14.5. The van der Waals surface area contributed by atoms with E-state index in [4.69, 9.17) is 75.8 Å². The lowest BCUT2D eigenvalue weighted by molar-refractivity contribution is 0.00367. The molecule has 5 rings (SSSR count). The number of carbonyl (C=O) groups excluding carboxylic acids is 1. The van der Waals surface area contributed by atoms with Crippen LogP contribution in [0.2, 0.25) is 0 Å². The Hall–Kier alpha value is -6.19. The van der Waals surface area contributed by atoms with Crippen LogP contribution in [0.1, 0.15) is 126 Å². The van der Waals surface area contributed by atoms with E-state index in [1.54, 1.807) is 26.4 Å². The van der Waals surface area contributed by atoms with E-state index in [1.807, 2.05) is 97.1 Å². The summed E-state index contributed by atoms with van der Waals surface area (Å²) in [6.07, 6.45) is 9.10. The van der Waals surface area contributed by atoms with Crippen molar-refractivity contribution in [3.05, 3.63) is 137 Å². The quantitative estimate of drug-likeness (QED) is 0.0363. The molecule has 5 aromatic carbocycles. The van der Waals surface area contributed by atoms with E-state index in [-0.39, 0.29) is 63.6 Å². The first-order chi connectivity index (χ1) is 45.5. The van der Waals surface area contributed by atoms with Gasteiger partial charge in [-0.15, -0.1) is 0 Å². The van der Waals surface area contributed by atoms with E-state index < -0.39 is 0 Å². The SMILES string of the molecule is COc1ccc(COCCOCCOCCOc2cc(C(=O)NCc3cc(OCCC(C)CCCC(C)C)cc(OCCC(C)CCCC(C)C)c3)cc(OCCOCCOCCOCc3ccc(OC)cc3)c2OCCOCCOCCOCc2ccccc2)cc1. The summed E-state index contributed by atoms with van der Waals surface area (Å²) in [6.45, 7) is 22.4. The van der Waals surface area contributed by atoms with E-state index in [0.29, 0.717) is 159 Å². The molecule has 18 heteroatoms. The molecule has 0 bridgehead atoms. The van der Waals surface area contributed by atoms with Crippen LogP contribution in [0.4, 0.5) is 0 Å². The van der Waals surface area contributed by atoms with E-state index in [1.165, 1.54) is 38.5 Å². The van der Waals surface area contributed by atoms with Crippen molar-refractivity contribution in [3.8, 4) is 40.2 Å². The number of carbonyl (C=O) groups is 1. The van der Waals surface area contributed by atoms with Crippen molar-refractivity contribution < 1.29 is 80.6 Å². The Morgan fingerprint density at radius 3 is 1.10 bits per heavy atom. The van der Waals surface area contributed by atoms with Crippen molar-refractivity contribution in [3.63, 3.8) is 0 Å². The highest BCUT2D eigenvalue weighted by Gasteiger charge is 2.20. The van der Waals surface area contributed by atoms with Crippen LogP contribution < -0.4 is 38.5 Å². The van der Waals surface area contributed by atoms with Crippen LogP contribution in [0.15, 0.2) is 109 Å². The number of hydrogen-bond acceptors (Lipinski definition) is 17. The molecular weight excluding hydrogens is 1190 g/mol. The average molecular weight is 1300 g/mol. The Labute approximate surface area is 556 Å². The summed E-state index contributed by atoms with van der Waals surface area (Å²) in [5.41, 5.74) is 4.34. The molecule has 0 aliphatic carbocycles. The molecule has 0 saturated carbocycles. The summed E-state index contributed by atoms with van der Waals surface area (Å²) in [7, 11) is 3.29. The van der Waals surface area contributed by atoms with Crippen LogP contribution in [0.25, 0.3) is 0 Å². The molecule has 0 saturated heterocycles. The molecule has 0 radical (unpaired) electrons. The second kappa shape index (κ2) is 49.4. The molecule has 5 aromatic rings. The molecule has 0 heterocycles. The first kappa shape index (κ1) is 77.5. The summed E-state index contributed by atoms with van der Waals surface area (Å²) in [5.74, 6) is 6.01. The van der Waals surface area contributed by atoms with Gasteiger partial charge in [0.05, 0.1) is 146 Å². The van der Waals surface area contributed by atoms with Crippen LogP contribution in [0, 0.1) is 23.7 Å². The maximum Gasteiger partial charge on any atom is 0.251 e. The number of ether oxygens (including phenoxy) is 16. The zero-order chi connectivity index (χ0) is 66.2. The molecule has 0 aromatic heterocycles. The van der Waals surface area contributed by atoms with E-state index in [0.717, 1.165) is 46.6 Å². The van der Waals surface area contributed by atoms with Gasteiger partial charge < -0.3 is 81.1 Å². The average Bonchev–Trinajstić information content (AvgIpc) is 0.894. The van der Waals surface area contributed by atoms with Crippen molar-refractivity contribution in [1.29, 1.82) is 0 Å². The third-order valence-electron chi connectivity index (χ3n) is 15.0. The molecule has 0 spiro atoms. The van der Waals surface area contributed by atoms with Gasteiger partial charge in [-0.1, -0.05) is 135 Å². The van der Waals surface area contributed by atoms with Gasteiger partial charge in [-0.2, -0.15) is 0 Å². The number of nitrogens with one attached hydrogen (secondary N) is 1. The Morgan fingerprint density at radius 2 is 0.710 bits per heavy atom. The van der Waals surface area contributed by atoms with Crippen molar-refractivity contribution in [2.45, 2.75) is 119 Å². The van der Waals surface area contributed by atoms with Crippen molar-refractivity contribution in [2.24, 2.45) is 23.7 Å². The lowest BCUT2D eigenvalue weighted by Crippen LogP contribution is -2.23. The largest absolute Gasteiger partial charge is 0.497 e. The number of rotatable bonds is 57. The fourth-order valence-corrected chi connectivity index (χ4v) is 9.57. The zero-order valence-corrected chi connectivity index (χ0v) is 57.3. The number of methoxy groups -OCH3 is 2. The number of amides is 1. The van der Waals surface area contributed by atoms with Gasteiger partial charge in [0.2, 0.25) is 5.75 Å². The molecule has 1 N–H and O–H groups in total. The van der Waals surface area contributed by atoms with Gasteiger partial charge in [0.1, 0.15) is 42.8 Å². The van der Waals surface area contributed by atoms with Gasteiger partial charge in [0.25, 0.3) is 5.91 Å². The van der Waals surface area contributed by atoms with Gasteiger partial charge in [-0.3, -0.25) is 4.79 Å². The smallest absolute Gasteiger partial charge is 0.251 e. The molecule has 93 heavy (non-hydrogen) atoms. The second-order valence-electron chi connectivity index (χ2n) is 24.0. The highest BCUT2D eigenvalue weighted by atomic mass is 16.6. The molecule has 18 nitrogen and oxygen atoms in total. The fraction of sp³-hybridized carbons (Fsp3) is 0.587. The standard InChI is InChI=1S/C75H111NO17/c1-59(2)14-12-16-61(5)28-30-89-70-50-66(51-71(54-70)90-31-29-62(6)17-13-15-60(3)4)55-76-75(77)67-52-72(91-47-44-83-35-32-80-39-42-87-57-64-20-24-68(78-7)25-21-64)74(93-49-46-85-37-34-82-38-41-86-56-63-18-10-9-11-19-63)73(53-67)92-48-45-84-36-33-81-40-43-88-58-65-22-26-69(79-8)27-23-65/h9-11,18-27,50-54,59-62H,12-17,28-49,55-58H2,1-8H3,(H,76,77). The summed E-state index contributed by atoms with van der Waals surface area (Å²) in [6, 6.07) is 34.8. The number of benzene rings is 5. The van der Waals surface area contributed by atoms with E-state index in [9.17, 15) is 4.79 Å². The maximum atomic E-state index is 14.5. The number of hydrogen-bond donors (Lipinski definition) is 1. The topological polar surface area (TPSA) is 177 Å². The third kappa shape index (κ3) is 36.3. The predicted molar refractivity (Wildman–Crippen MR) is 363 cm³/mol. The molecule has 2 unspecified atom stereocenters. The lowest BCUT2D eigenvalue weighted by Gasteiger charge is -2.19. The molecule has 0 aliphatic rings. The monoisotopic (exact) mass is 1300 g/mol. The highest BCUT2D eigenvalue weighted by molar-refractivity contribution is 5.95. The Morgan fingerprint density at radius 1 is 0.344 bits per heavy atom. The van der Waals surface area contributed by atoms with Gasteiger partial charge in [0, 0.05) is 18.2 Å². The second-order valence-corrected chi connectivity index (χ2v) is 24.0. The van der Waals surface area contributed by atoms with E-state index in [2.05, 4.69) is 46.9 Å². The molecule has 518 valence electrons. The summed E-state index contributed by atoms with van der Waals surface area (Å²) >= 11 is 0. The van der Waals surface area contributed by atoms with Crippen LogP contribution in [0.3, 0.4) is 0 Å². The molecule has 1 amide bonds. The Bertz CT molecular complexity index is 2520. The molecular formula is C75H111NO17. The van der Waals surface area contributed by atoms with Gasteiger partial charge >= 0.3 is 0 Å². The summed E-state index contributed by atoms with van der Waals surface area (Å²) in [4.78, 5) is 14.5. The van der Waals surface area contributed by atoms with Crippen molar-refractivity contribution in [1.82, 2.24) is 5.32 Å². The minimum absolute atomic E-state index is 0.132. The Balaban J connectivity index is 1.24. The summed E-state index contributed by atoms with van der Waals surface area (Å²) in [5, 5.41) is 3.15. The first-order valence-electron chi connectivity index (χ1n) is 33.7. The third-order valence-corrected chi connectivity index (χ3v) is 15.0. The van der Waals surface area contributed by atoms with Gasteiger partial charge in [0.15, 0.2) is 11.5 Å². The minimum atomic E-state index is -0.355. The minimum Gasteiger partial charge on any atom is -0.497 e. The Kier molecular flexibility index (Phi) is 41.1. The van der Waals surface area contributed by atoms with Gasteiger partial charge in [-0.05, 0) is 107 Å². The van der Waals surface area contributed by atoms with E-state index >= 15 is 0 Å². The van der Waals surface area contributed by atoms with Gasteiger partial charge in [-0.25, -0.2) is 0 Å². The zero-order valence-electron chi connectivity index (χ0n) is 57.3.